The number of hydrogen-bond donors (Lipinski definition) is 2. The molecule has 2 aromatic rings. The van der Waals surface area contributed by atoms with Crippen LogP contribution < -0.4 is 5.32 Å². The van der Waals surface area contributed by atoms with Crippen molar-refractivity contribution in [1.29, 1.82) is 0 Å². The molecule has 2 atom stereocenters. The van der Waals surface area contributed by atoms with Gasteiger partial charge in [-0.25, -0.2) is 13.8 Å². The molecule has 1 fully saturated rings. The Morgan fingerprint density at radius 1 is 1.48 bits per heavy atom. The highest BCUT2D eigenvalue weighted by molar-refractivity contribution is 5.92. The number of pyridine rings is 1. The lowest BCUT2D eigenvalue weighted by Gasteiger charge is -2.31. The van der Waals surface area contributed by atoms with Crippen LogP contribution in [0.1, 0.15) is 35.1 Å². The molecule has 2 aromatic heterocycles. The van der Waals surface area contributed by atoms with Crippen molar-refractivity contribution in [2.24, 2.45) is 5.92 Å². The summed E-state index contributed by atoms with van der Waals surface area (Å²) in [5.74, 6) is -2.43. The van der Waals surface area contributed by atoms with Gasteiger partial charge in [0, 0.05) is 31.3 Å². The molecule has 1 saturated heterocycles. The Balaban J connectivity index is 1.65. The lowest BCUT2D eigenvalue weighted by atomic mass is 9.92. The van der Waals surface area contributed by atoms with E-state index in [1.807, 2.05) is 6.07 Å². The number of nitrogens with zero attached hydrogens (tertiary/aromatic N) is 2. The van der Waals surface area contributed by atoms with E-state index in [4.69, 9.17) is 4.74 Å². The van der Waals surface area contributed by atoms with Gasteiger partial charge >= 0.3 is 0 Å². The van der Waals surface area contributed by atoms with Crippen molar-refractivity contribution in [3.63, 3.8) is 0 Å². The van der Waals surface area contributed by atoms with Gasteiger partial charge in [-0.05, 0) is 18.9 Å². The van der Waals surface area contributed by atoms with Gasteiger partial charge in [-0.3, -0.25) is 9.89 Å². The summed E-state index contributed by atoms with van der Waals surface area (Å²) in [6.45, 7) is 0.948. The highest BCUT2D eigenvalue weighted by Gasteiger charge is 2.29. The van der Waals surface area contributed by atoms with Crippen LogP contribution >= 0.6 is 0 Å². The molecule has 0 unspecified atom stereocenters. The van der Waals surface area contributed by atoms with Crippen molar-refractivity contribution in [3.05, 3.63) is 47.5 Å². The number of halogens is 2. The lowest BCUT2D eigenvalue weighted by molar-refractivity contribution is -0.0297. The number of aromatic nitrogens is 3. The molecule has 0 radical (unpaired) electrons. The van der Waals surface area contributed by atoms with E-state index in [-0.39, 0.29) is 12.0 Å². The molecule has 8 heteroatoms. The molecule has 1 amide bonds. The van der Waals surface area contributed by atoms with Crippen LogP contribution in [0.25, 0.3) is 0 Å². The van der Waals surface area contributed by atoms with Crippen molar-refractivity contribution in [1.82, 2.24) is 20.5 Å². The fraction of sp³-hybridized carbons (Fsp3) is 0.400. The van der Waals surface area contributed by atoms with E-state index in [0.717, 1.165) is 24.7 Å². The maximum absolute atomic E-state index is 13.6. The first kappa shape index (κ1) is 15.5. The van der Waals surface area contributed by atoms with Crippen molar-refractivity contribution >= 4 is 5.91 Å². The molecule has 0 aliphatic carbocycles. The highest BCUT2D eigenvalue weighted by Crippen LogP contribution is 2.32. The highest BCUT2D eigenvalue weighted by atomic mass is 19.1. The summed E-state index contributed by atoms with van der Waals surface area (Å²) in [6.07, 6.45) is 4.01. The predicted octanol–water partition coefficient (Wildman–Crippen LogP) is 1.98. The van der Waals surface area contributed by atoms with Crippen molar-refractivity contribution in [2.45, 2.75) is 18.9 Å². The van der Waals surface area contributed by atoms with E-state index in [1.54, 1.807) is 6.20 Å². The van der Waals surface area contributed by atoms with Crippen molar-refractivity contribution in [3.8, 4) is 0 Å². The van der Waals surface area contributed by atoms with E-state index < -0.39 is 23.2 Å². The standard InChI is InChI=1S/C15H16F2N4O2/c16-10-6-11(17)13(18-8-10)15(22)19-7-9-2-1-5-23-14(9)12-3-4-20-21-12/h3-4,6,8-9,14H,1-2,5,7H2,(H,19,22)(H,20,21)/t9-,14+/m0/s1. The zero-order valence-corrected chi connectivity index (χ0v) is 12.3. The number of ether oxygens (including phenoxy) is 1. The number of H-pyrrole nitrogens is 1. The van der Waals surface area contributed by atoms with Crippen LogP contribution in [-0.2, 0) is 4.74 Å². The fourth-order valence-corrected chi connectivity index (χ4v) is 2.71. The second-order valence-corrected chi connectivity index (χ2v) is 5.40. The Morgan fingerprint density at radius 2 is 2.35 bits per heavy atom. The zero-order valence-electron chi connectivity index (χ0n) is 12.3. The first-order valence-corrected chi connectivity index (χ1v) is 7.35. The average molecular weight is 322 g/mol. The molecule has 0 saturated carbocycles. The van der Waals surface area contributed by atoms with E-state index in [9.17, 15) is 13.6 Å². The van der Waals surface area contributed by atoms with Gasteiger partial charge in [0.05, 0.1) is 11.9 Å². The third kappa shape index (κ3) is 3.53. The number of hydrogen-bond acceptors (Lipinski definition) is 4. The van der Waals surface area contributed by atoms with E-state index in [1.165, 1.54) is 0 Å². The van der Waals surface area contributed by atoms with Crippen LogP contribution in [0.15, 0.2) is 24.5 Å². The minimum atomic E-state index is -0.979. The van der Waals surface area contributed by atoms with Crippen LogP contribution in [0.2, 0.25) is 0 Å². The van der Waals surface area contributed by atoms with Gasteiger partial charge in [0.25, 0.3) is 5.91 Å². The Labute approximate surface area is 131 Å². The molecule has 0 bridgehead atoms. The summed E-state index contributed by atoms with van der Waals surface area (Å²) < 4.78 is 32.2. The van der Waals surface area contributed by atoms with Gasteiger partial charge in [0.2, 0.25) is 0 Å². The summed E-state index contributed by atoms with van der Waals surface area (Å²) in [4.78, 5) is 15.5. The number of aromatic amines is 1. The van der Waals surface area contributed by atoms with Gasteiger partial charge in [-0.2, -0.15) is 5.10 Å². The van der Waals surface area contributed by atoms with Gasteiger partial charge in [0.15, 0.2) is 11.5 Å². The molecule has 0 spiro atoms. The van der Waals surface area contributed by atoms with Crippen LogP contribution in [0, 0.1) is 17.6 Å². The zero-order chi connectivity index (χ0) is 16.2. The van der Waals surface area contributed by atoms with Crippen LogP contribution in [0.4, 0.5) is 8.78 Å². The van der Waals surface area contributed by atoms with Crippen LogP contribution in [-0.4, -0.2) is 34.2 Å². The minimum Gasteiger partial charge on any atom is -0.372 e. The van der Waals surface area contributed by atoms with E-state index in [0.29, 0.717) is 19.2 Å². The first-order valence-electron chi connectivity index (χ1n) is 7.35. The van der Waals surface area contributed by atoms with Gasteiger partial charge in [-0.1, -0.05) is 0 Å². The molecule has 1 aliphatic rings. The molecular weight excluding hydrogens is 306 g/mol. The maximum Gasteiger partial charge on any atom is 0.272 e. The monoisotopic (exact) mass is 322 g/mol. The van der Waals surface area contributed by atoms with E-state index >= 15 is 0 Å². The first-order chi connectivity index (χ1) is 11.1. The summed E-state index contributed by atoms with van der Waals surface area (Å²) in [6, 6.07) is 2.46. The molecule has 3 heterocycles. The summed E-state index contributed by atoms with van der Waals surface area (Å²) in [7, 11) is 0. The maximum atomic E-state index is 13.6. The number of carbonyl (C=O) groups is 1. The predicted molar refractivity (Wildman–Crippen MR) is 76.5 cm³/mol. The van der Waals surface area contributed by atoms with Crippen molar-refractivity contribution < 1.29 is 18.3 Å². The van der Waals surface area contributed by atoms with Crippen LogP contribution in [0.5, 0.6) is 0 Å². The molecule has 23 heavy (non-hydrogen) atoms. The largest absolute Gasteiger partial charge is 0.372 e. The van der Waals surface area contributed by atoms with Gasteiger partial charge in [0.1, 0.15) is 11.9 Å². The normalized spacial score (nSPS) is 21.1. The average Bonchev–Trinajstić information content (AvgIpc) is 3.07. The Morgan fingerprint density at radius 3 is 3.09 bits per heavy atom. The number of nitrogens with one attached hydrogen (secondary N) is 2. The fourth-order valence-electron chi connectivity index (χ4n) is 2.71. The summed E-state index contributed by atoms with van der Waals surface area (Å²) >= 11 is 0. The number of carbonyl (C=O) groups excluding carboxylic acids is 1. The third-order valence-electron chi connectivity index (χ3n) is 3.82. The molecular formula is C15H16F2N4O2. The third-order valence-corrected chi connectivity index (χ3v) is 3.82. The van der Waals surface area contributed by atoms with Crippen LogP contribution in [0.3, 0.4) is 0 Å². The second-order valence-electron chi connectivity index (χ2n) is 5.40. The minimum absolute atomic E-state index is 0.0386. The topological polar surface area (TPSA) is 79.9 Å². The molecule has 122 valence electrons. The molecule has 0 aromatic carbocycles. The van der Waals surface area contributed by atoms with Gasteiger partial charge < -0.3 is 10.1 Å². The SMILES string of the molecule is O=C(NC[C@@H]1CCCO[C@H]1c1ccn[nH]1)c1ncc(F)cc1F. The summed E-state index contributed by atoms with van der Waals surface area (Å²) in [5, 5.41) is 9.42. The van der Waals surface area contributed by atoms with E-state index in [2.05, 4.69) is 20.5 Å². The number of rotatable bonds is 4. The Kier molecular flexibility index (Phi) is 4.61. The molecule has 6 nitrogen and oxygen atoms in total. The summed E-state index contributed by atoms with van der Waals surface area (Å²) in [5.41, 5.74) is 0.427. The molecule has 3 rings (SSSR count). The Hall–Kier alpha value is -2.35. The molecule has 2 N–H and O–H groups in total. The van der Waals surface area contributed by atoms with Gasteiger partial charge in [-0.15, -0.1) is 0 Å². The lowest BCUT2D eigenvalue weighted by Crippen LogP contribution is -2.36. The van der Waals surface area contributed by atoms with Crippen molar-refractivity contribution in [2.75, 3.05) is 13.2 Å². The quantitative estimate of drug-likeness (QED) is 0.902. The smallest absolute Gasteiger partial charge is 0.272 e. The second kappa shape index (κ2) is 6.82. The Bertz CT molecular complexity index is 678. The number of amides is 1. The molecule has 1 aliphatic heterocycles.